The summed E-state index contributed by atoms with van der Waals surface area (Å²) in [6.45, 7) is 1.33. The number of carboxylic acid groups (broad SMARTS) is 1. The van der Waals surface area contributed by atoms with Gasteiger partial charge < -0.3 is 9.84 Å². The fourth-order valence-corrected chi connectivity index (χ4v) is 3.49. The van der Waals surface area contributed by atoms with Crippen LogP contribution in [0.25, 0.3) is 0 Å². The molecule has 0 aromatic carbocycles. The van der Waals surface area contributed by atoms with Gasteiger partial charge in [0.2, 0.25) is 0 Å². The summed E-state index contributed by atoms with van der Waals surface area (Å²) in [5.41, 5.74) is 0. The molecule has 1 unspecified atom stereocenters. The zero-order valence-corrected chi connectivity index (χ0v) is 12.0. The Hall–Kier alpha value is -0.700. The third-order valence-corrected chi connectivity index (χ3v) is 4.71. The van der Waals surface area contributed by atoms with Gasteiger partial charge in [0.15, 0.2) is 0 Å². The smallest absolute Gasteiger partial charge is 0.321 e. The van der Waals surface area contributed by atoms with Crippen LogP contribution in [0.2, 0.25) is 0 Å². The number of hydrogen-bond donors (Lipinski definition) is 2. The van der Waals surface area contributed by atoms with Gasteiger partial charge in [0.05, 0.1) is 0 Å². The summed E-state index contributed by atoms with van der Waals surface area (Å²) >= 11 is 0. The minimum absolute atomic E-state index is 0.218. The van der Waals surface area contributed by atoms with Gasteiger partial charge >= 0.3 is 5.97 Å². The number of carboxylic acids is 1. The van der Waals surface area contributed by atoms with E-state index in [9.17, 15) is 13.2 Å². The summed E-state index contributed by atoms with van der Waals surface area (Å²) < 4.78 is 32.5. The van der Waals surface area contributed by atoms with Crippen LogP contribution in [0.3, 0.4) is 0 Å². The average Bonchev–Trinajstić information content (AvgIpc) is 2.38. The maximum absolute atomic E-state index is 12.1. The maximum atomic E-state index is 12.1. The molecule has 0 spiro atoms. The van der Waals surface area contributed by atoms with E-state index in [1.54, 1.807) is 0 Å². The summed E-state index contributed by atoms with van der Waals surface area (Å²) in [6.07, 6.45) is 3.37. The molecule has 1 aliphatic heterocycles. The van der Waals surface area contributed by atoms with Crippen molar-refractivity contribution < 1.29 is 23.1 Å². The second kappa shape index (κ2) is 7.78. The van der Waals surface area contributed by atoms with Crippen LogP contribution < -0.4 is 4.72 Å². The molecule has 8 heteroatoms. The maximum Gasteiger partial charge on any atom is 0.321 e. The molecule has 0 aliphatic carbocycles. The predicted octanol–water partition coefficient (Wildman–Crippen LogP) is 0.187. The van der Waals surface area contributed by atoms with Crippen molar-refractivity contribution in [3.63, 3.8) is 0 Å². The number of ether oxygens (including phenoxy) is 1. The van der Waals surface area contributed by atoms with Crippen molar-refractivity contribution in [2.75, 3.05) is 26.8 Å². The van der Waals surface area contributed by atoms with Crippen LogP contribution in [0.1, 0.15) is 32.1 Å². The van der Waals surface area contributed by atoms with Crippen molar-refractivity contribution >= 4 is 16.2 Å². The number of rotatable bonds is 8. The molecule has 1 rings (SSSR count). The topological polar surface area (TPSA) is 95.9 Å². The van der Waals surface area contributed by atoms with Gasteiger partial charge in [-0.25, -0.2) is 0 Å². The van der Waals surface area contributed by atoms with Crippen LogP contribution in [0.15, 0.2) is 0 Å². The highest BCUT2D eigenvalue weighted by molar-refractivity contribution is 7.87. The quantitative estimate of drug-likeness (QED) is 0.623. The van der Waals surface area contributed by atoms with Gasteiger partial charge in [-0.1, -0.05) is 6.42 Å². The van der Waals surface area contributed by atoms with Crippen LogP contribution >= 0.6 is 0 Å². The highest BCUT2D eigenvalue weighted by Gasteiger charge is 2.29. The standard InChI is InChI=1S/C11H22N2O5S/c1-18-9-5-6-10(11(14)15)12-19(16,17)13-7-3-2-4-8-13/h10,12H,2-9H2,1H3,(H,14,15). The monoisotopic (exact) mass is 294 g/mol. The largest absolute Gasteiger partial charge is 0.480 e. The molecule has 0 bridgehead atoms. The lowest BCUT2D eigenvalue weighted by Gasteiger charge is -2.27. The van der Waals surface area contributed by atoms with E-state index >= 15 is 0 Å². The lowest BCUT2D eigenvalue weighted by atomic mass is 10.2. The Balaban J connectivity index is 2.58. The highest BCUT2D eigenvalue weighted by atomic mass is 32.2. The average molecular weight is 294 g/mol. The third kappa shape index (κ3) is 5.43. The number of aliphatic carboxylic acids is 1. The molecule has 0 radical (unpaired) electrons. The highest BCUT2D eigenvalue weighted by Crippen LogP contribution is 2.13. The first-order valence-electron chi connectivity index (χ1n) is 6.46. The number of carbonyl (C=O) groups is 1. The molecular formula is C11H22N2O5S. The molecule has 1 aliphatic rings. The van der Waals surface area contributed by atoms with Gasteiger partial charge in [-0.15, -0.1) is 0 Å². The van der Waals surface area contributed by atoms with E-state index < -0.39 is 22.2 Å². The Morgan fingerprint density at radius 3 is 2.53 bits per heavy atom. The minimum Gasteiger partial charge on any atom is -0.480 e. The second-order valence-electron chi connectivity index (χ2n) is 4.61. The SMILES string of the molecule is COCCCC(NS(=O)(=O)N1CCCCC1)C(=O)O. The van der Waals surface area contributed by atoms with E-state index in [2.05, 4.69) is 4.72 Å². The van der Waals surface area contributed by atoms with E-state index in [-0.39, 0.29) is 6.42 Å². The van der Waals surface area contributed by atoms with Crippen molar-refractivity contribution in [1.29, 1.82) is 0 Å². The van der Waals surface area contributed by atoms with E-state index in [4.69, 9.17) is 9.84 Å². The molecule has 0 aromatic rings. The number of nitrogens with zero attached hydrogens (tertiary/aromatic N) is 1. The summed E-state index contributed by atoms with van der Waals surface area (Å²) in [6, 6.07) is -1.10. The first kappa shape index (κ1) is 16.4. The summed E-state index contributed by atoms with van der Waals surface area (Å²) in [5.74, 6) is -1.16. The second-order valence-corrected chi connectivity index (χ2v) is 6.31. The van der Waals surface area contributed by atoms with Gasteiger partial charge in [0, 0.05) is 26.8 Å². The molecule has 0 amide bonds. The predicted molar refractivity (Wildman–Crippen MR) is 70.0 cm³/mol. The van der Waals surface area contributed by atoms with E-state index in [1.807, 2.05) is 0 Å². The van der Waals surface area contributed by atoms with E-state index in [0.29, 0.717) is 26.1 Å². The number of methoxy groups -OCH3 is 1. The van der Waals surface area contributed by atoms with Crippen molar-refractivity contribution in [3.05, 3.63) is 0 Å². The van der Waals surface area contributed by atoms with Crippen LogP contribution in [-0.2, 0) is 19.7 Å². The van der Waals surface area contributed by atoms with Gasteiger partial charge in [0.25, 0.3) is 10.2 Å². The summed E-state index contributed by atoms with van der Waals surface area (Å²) in [4.78, 5) is 11.1. The Bertz CT molecular complexity index is 379. The number of nitrogens with one attached hydrogen (secondary N) is 1. The fraction of sp³-hybridized carbons (Fsp3) is 0.909. The molecule has 1 saturated heterocycles. The van der Waals surface area contributed by atoms with Crippen LogP contribution in [0, 0.1) is 0 Å². The number of piperidine rings is 1. The summed E-state index contributed by atoms with van der Waals surface area (Å²) in [7, 11) is -2.18. The molecule has 0 aromatic heterocycles. The molecule has 2 N–H and O–H groups in total. The Morgan fingerprint density at radius 1 is 1.37 bits per heavy atom. The zero-order valence-electron chi connectivity index (χ0n) is 11.2. The van der Waals surface area contributed by atoms with Crippen molar-refractivity contribution in [3.8, 4) is 0 Å². The Kier molecular flexibility index (Phi) is 6.70. The molecule has 7 nitrogen and oxygen atoms in total. The first-order chi connectivity index (χ1) is 8.97. The first-order valence-corrected chi connectivity index (χ1v) is 7.90. The van der Waals surface area contributed by atoms with Crippen LogP contribution in [-0.4, -0.2) is 56.6 Å². The molecular weight excluding hydrogens is 272 g/mol. The van der Waals surface area contributed by atoms with Crippen LogP contribution in [0.4, 0.5) is 0 Å². The van der Waals surface area contributed by atoms with Crippen molar-refractivity contribution in [1.82, 2.24) is 9.03 Å². The molecule has 0 saturated carbocycles. The van der Waals surface area contributed by atoms with E-state index in [0.717, 1.165) is 19.3 Å². The minimum atomic E-state index is -3.70. The third-order valence-electron chi connectivity index (χ3n) is 3.09. The Labute approximate surface area is 114 Å². The molecule has 1 fully saturated rings. The van der Waals surface area contributed by atoms with E-state index in [1.165, 1.54) is 11.4 Å². The summed E-state index contributed by atoms with van der Waals surface area (Å²) in [5, 5.41) is 9.05. The number of hydrogen-bond acceptors (Lipinski definition) is 4. The zero-order chi connectivity index (χ0) is 14.3. The van der Waals surface area contributed by atoms with Gasteiger partial charge in [-0.2, -0.15) is 17.4 Å². The lowest BCUT2D eigenvalue weighted by Crippen LogP contribution is -2.49. The normalized spacial score (nSPS) is 19.2. The molecule has 19 heavy (non-hydrogen) atoms. The molecule has 112 valence electrons. The van der Waals surface area contributed by atoms with Gasteiger partial charge in [-0.3, -0.25) is 4.79 Å². The van der Waals surface area contributed by atoms with Gasteiger partial charge in [0.1, 0.15) is 6.04 Å². The molecule has 1 heterocycles. The van der Waals surface area contributed by atoms with Crippen LogP contribution in [0.5, 0.6) is 0 Å². The van der Waals surface area contributed by atoms with Crippen molar-refractivity contribution in [2.45, 2.75) is 38.1 Å². The Morgan fingerprint density at radius 2 is 2.00 bits per heavy atom. The molecule has 1 atom stereocenters. The van der Waals surface area contributed by atoms with Gasteiger partial charge in [-0.05, 0) is 25.7 Å². The lowest BCUT2D eigenvalue weighted by molar-refractivity contribution is -0.139. The fourth-order valence-electron chi connectivity index (χ4n) is 2.02. The van der Waals surface area contributed by atoms with Crippen molar-refractivity contribution in [2.24, 2.45) is 0 Å².